The van der Waals surface area contributed by atoms with Gasteiger partial charge in [-0.1, -0.05) is 60.7 Å². The van der Waals surface area contributed by atoms with Crippen LogP contribution in [-0.2, 0) is 0 Å². The van der Waals surface area contributed by atoms with Crippen molar-refractivity contribution in [3.63, 3.8) is 0 Å². The van der Waals surface area contributed by atoms with Crippen molar-refractivity contribution in [3.8, 4) is 62.6 Å². The summed E-state index contributed by atoms with van der Waals surface area (Å²) in [4.78, 5) is 5.23. The first-order chi connectivity index (χ1) is 18.2. The van der Waals surface area contributed by atoms with Crippen LogP contribution in [0.5, 0.6) is 23.0 Å². The van der Waals surface area contributed by atoms with Crippen LogP contribution in [0.15, 0.2) is 97.1 Å². The molecular weight excluding hydrogens is 464 g/mol. The van der Waals surface area contributed by atoms with E-state index in [0.717, 1.165) is 39.6 Å². The van der Waals surface area contributed by atoms with Crippen molar-refractivity contribution in [1.29, 1.82) is 0 Å². The molecule has 4 aromatic carbocycles. The predicted octanol–water partition coefficient (Wildman–Crippen LogP) is 6.91. The van der Waals surface area contributed by atoms with Crippen LogP contribution in [0.2, 0.25) is 0 Å². The maximum absolute atomic E-state index is 5.65. The van der Waals surface area contributed by atoms with Gasteiger partial charge >= 0.3 is 0 Å². The molecule has 0 amide bonds. The highest BCUT2D eigenvalue weighted by molar-refractivity contribution is 5.84. The van der Waals surface area contributed by atoms with Crippen molar-refractivity contribution in [3.05, 3.63) is 97.1 Å². The molecule has 1 aromatic heterocycles. The van der Waals surface area contributed by atoms with Crippen molar-refractivity contribution >= 4 is 0 Å². The van der Waals surface area contributed by atoms with E-state index >= 15 is 0 Å². The summed E-state index contributed by atoms with van der Waals surface area (Å²) in [7, 11) is 6.53. The Morgan fingerprint density at radius 1 is 0.514 bits per heavy atom. The van der Waals surface area contributed by atoms with Gasteiger partial charge in [0.25, 0.3) is 0 Å². The van der Waals surface area contributed by atoms with Crippen LogP contribution in [0, 0.1) is 0 Å². The van der Waals surface area contributed by atoms with Crippen LogP contribution in [-0.4, -0.2) is 38.0 Å². The van der Waals surface area contributed by atoms with Gasteiger partial charge in [-0.15, -0.1) is 0 Å². The number of benzene rings is 4. The molecule has 0 saturated heterocycles. The van der Waals surface area contributed by atoms with Crippen LogP contribution in [0.3, 0.4) is 0 Å². The van der Waals surface area contributed by atoms with Crippen molar-refractivity contribution < 1.29 is 18.9 Å². The molecule has 5 aromatic rings. The van der Waals surface area contributed by atoms with Crippen LogP contribution < -0.4 is 18.9 Å². The van der Waals surface area contributed by atoms with Crippen LogP contribution in [0.4, 0.5) is 0 Å². The molecule has 0 saturated carbocycles. The van der Waals surface area contributed by atoms with Gasteiger partial charge in [0.2, 0.25) is 0 Å². The molecule has 0 aliphatic rings. The molecule has 0 fully saturated rings. The lowest BCUT2D eigenvalue weighted by molar-refractivity contribution is 0.355. The molecular formula is C31H28N2O4. The number of hydrogen-bond acceptors (Lipinski definition) is 5. The highest BCUT2D eigenvalue weighted by Crippen LogP contribution is 2.41. The number of nitrogens with zero attached hydrogens (tertiary/aromatic N) is 2. The Labute approximate surface area is 216 Å². The maximum atomic E-state index is 5.65. The molecule has 0 N–H and O–H groups in total. The van der Waals surface area contributed by atoms with E-state index in [2.05, 4.69) is 28.8 Å². The summed E-state index contributed by atoms with van der Waals surface area (Å²) >= 11 is 0. The first-order valence-electron chi connectivity index (χ1n) is 11.9. The molecule has 6 nitrogen and oxygen atoms in total. The topological polar surface area (TPSA) is 54.7 Å². The lowest BCUT2D eigenvalue weighted by Crippen LogP contribution is -2.02. The van der Waals surface area contributed by atoms with Crippen molar-refractivity contribution in [2.24, 2.45) is 0 Å². The second kappa shape index (κ2) is 10.5. The molecule has 1 heterocycles. The summed E-state index contributed by atoms with van der Waals surface area (Å²) in [5, 5.41) is 0. The normalized spacial score (nSPS) is 10.7. The monoisotopic (exact) mass is 492 g/mol. The van der Waals surface area contributed by atoms with Crippen molar-refractivity contribution in [2.75, 3.05) is 28.4 Å². The van der Waals surface area contributed by atoms with Gasteiger partial charge in [-0.2, -0.15) is 0 Å². The third kappa shape index (κ3) is 4.49. The fraction of sp³-hybridized carbons (Fsp3) is 0.129. The fourth-order valence-corrected chi connectivity index (χ4v) is 4.46. The fourth-order valence-electron chi connectivity index (χ4n) is 4.46. The molecule has 0 unspecified atom stereocenters. The van der Waals surface area contributed by atoms with E-state index in [4.69, 9.17) is 23.9 Å². The second-order valence-corrected chi connectivity index (χ2v) is 8.31. The number of methoxy groups -OCH3 is 4. The lowest BCUT2D eigenvalue weighted by atomic mass is 10.0. The quantitative estimate of drug-likeness (QED) is 0.236. The van der Waals surface area contributed by atoms with E-state index in [-0.39, 0.29) is 0 Å². The van der Waals surface area contributed by atoms with Crippen LogP contribution in [0.25, 0.3) is 39.6 Å². The van der Waals surface area contributed by atoms with Crippen molar-refractivity contribution in [1.82, 2.24) is 9.55 Å². The van der Waals surface area contributed by atoms with E-state index in [1.807, 2.05) is 72.8 Å². The summed E-state index contributed by atoms with van der Waals surface area (Å²) < 4.78 is 24.4. The molecule has 0 aliphatic heterocycles. The Bertz CT molecular complexity index is 1510. The zero-order valence-corrected chi connectivity index (χ0v) is 21.3. The molecule has 0 atom stereocenters. The van der Waals surface area contributed by atoms with Gasteiger partial charge in [-0.3, -0.25) is 4.57 Å². The summed E-state index contributed by atoms with van der Waals surface area (Å²) in [5.41, 5.74) is 5.65. The molecule has 0 radical (unpaired) electrons. The van der Waals surface area contributed by atoms with Crippen molar-refractivity contribution in [2.45, 2.75) is 0 Å². The van der Waals surface area contributed by atoms with Gasteiger partial charge in [0, 0.05) is 22.8 Å². The van der Waals surface area contributed by atoms with E-state index in [1.165, 1.54) is 0 Å². The van der Waals surface area contributed by atoms with Gasteiger partial charge in [-0.05, 0) is 30.3 Å². The molecule has 0 spiro atoms. The summed E-state index contributed by atoms with van der Waals surface area (Å²) in [6.07, 6.45) is 0. The third-order valence-electron chi connectivity index (χ3n) is 6.24. The minimum Gasteiger partial charge on any atom is -0.493 e. The second-order valence-electron chi connectivity index (χ2n) is 8.31. The highest BCUT2D eigenvalue weighted by Gasteiger charge is 2.24. The van der Waals surface area contributed by atoms with Gasteiger partial charge in [0.15, 0.2) is 23.0 Å². The third-order valence-corrected chi connectivity index (χ3v) is 6.24. The summed E-state index contributed by atoms with van der Waals surface area (Å²) in [6, 6.07) is 32.2. The van der Waals surface area contributed by atoms with Gasteiger partial charge in [0.1, 0.15) is 5.82 Å². The zero-order chi connectivity index (χ0) is 25.8. The number of rotatable bonds is 8. The SMILES string of the molecule is COc1ccc(-c2nc(-c3ccccc3)c(-c3ccccc3)n2-c2ccc(OC)c(OC)c2)cc1OC. The molecule has 6 heteroatoms. The van der Waals surface area contributed by atoms with Gasteiger partial charge < -0.3 is 18.9 Å². The Morgan fingerprint density at radius 2 is 1.05 bits per heavy atom. The first-order valence-corrected chi connectivity index (χ1v) is 11.9. The zero-order valence-electron chi connectivity index (χ0n) is 21.3. The highest BCUT2D eigenvalue weighted by atomic mass is 16.5. The minimum atomic E-state index is 0.629. The Balaban J connectivity index is 1.87. The van der Waals surface area contributed by atoms with E-state index in [9.17, 15) is 0 Å². The van der Waals surface area contributed by atoms with Gasteiger partial charge in [0.05, 0.1) is 45.5 Å². The summed E-state index contributed by atoms with van der Waals surface area (Å²) in [6.45, 7) is 0. The van der Waals surface area contributed by atoms with Crippen LogP contribution in [0.1, 0.15) is 0 Å². The van der Waals surface area contributed by atoms with Crippen LogP contribution >= 0.6 is 0 Å². The molecule has 0 aliphatic carbocycles. The van der Waals surface area contributed by atoms with E-state index in [0.29, 0.717) is 23.0 Å². The molecule has 186 valence electrons. The lowest BCUT2D eigenvalue weighted by Gasteiger charge is -2.16. The number of aromatic nitrogens is 2. The first kappa shape index (κ1) is 24.0. The Hall–Kier alpha value is -4.71. The standard InChI is InChI=1S/C31H28N2O4/c1-34-25-17-15-23(19-27(25)36-3)31-32-29(21-11-7-5-8-12-21)30(22-13-9-6-10-14-22)33(31)24-16-18-26(35-2)28(20-24)37-4/h5-20H,1-4H3. The Morgan fingerprint density at radius 3 is 1.65 bits per heavy atom. The largest absolute Gasteiger partial charge is 0.493 e. The molecule has 0 bridgehead atoms. The maximum Gasteiger partial charge on any atom is 0.162 e. The average Bonchev–Trinajstić information content (AvgIpc) is 3.38. The van der Waals surface area contributed by atoms with E-state index < -0.39 is 0 Å². The molecule has 5 rings (SSSR count). The minimum absolute atomic E-state index is 0.629. The number of hydrogen-bond donors (Lipinski definition) is 0. The predicted molar refractivity (Wildman–Crippen MR) is 146 cm³/mol. The molecule has 37 heavy (non-hydrogen) atoms. The number of imidazole rings is 1. The average molecular weight is 493 g/mol. The van der Waals surface area contributed by atoms with Gasteiger partial charge in [-0.25, -0.2) is 4.98 Å². The summed E-state index contributed by atoms with van der Waals surface area (Å²) in [5.74, 6) is 3.33. The van der Waals surface area contributed by atoms with E-state index in [1.54, 1.807) is 28.4 Å². The Kier molecular flexibility index (Phi) is 6.81. The smallest absolute Gasteiger partial charge is 0.162 e. The number of ether oxygens (including phenoxy) is 4.